The van der Waals surface area contributed by atoms with Crippen LogP contribution >= 0.6 is 0 Å². The van der Waals surface area contributed by atoms with E-state index in [-0.39, 0.29) is 22.6 Å². The van der Waals surface area contributed by atoms with Gasteiger partial charge in [-0.3, -0.25) is 4.99 Å². The Kier molecular flexibility index (Phi) is 4.77. The van der Waals surface area contributed by atoms with Crippen LogP contribution in [0.3, 0.4) is 0 Å². The molecule has 1 saturated heterocycles. The number of aliphatic imine (C=N–C) groups is 1. The van der Waals surface area contributed by atoms with E-state index in [9.17, 15) is 13.9 Å². The van der Waals surface area contributed by atoms with Gasteiger partial charge in [0.05, 0.1) is 22.5 Å². The van der Waals surface area contributed by atoms with Crippen LogP contribution < -0.4 is 4.90 Å². The van der Waals surface area contributed by atoms with Gasteiger partial charge >= 0.3 is 0 Å². The second kappa shape index (κ2) is 7.59. The lowest BCUT2D eigenvalue weighted by Crippen LogP contribution is -2.36. The molecule has 2 heterocycles. The van der Waals surface area contributed by atoms with Gasteiger partial charge in [-0.25, -0.2) is 8.78 Å². The summed E-state index contributed by atoms with van der Waals surface area (Å²) in [5, 5.41) is 10.4. The van der Waals surface area contributed by atoms with Gasteiger partial charge in [-0.1, -0.05) is 17.7 Å². The number of aromatic nitrogens is 1. The van der Waals surface area contributed by atoms with Crippen molar-refractivity contribution in [1.29, 1.82) is 0 Å². The zero-order valence-corrected chi connectivity index (χ0v) is 16.5. The van der Waals surface area contributed by atoms with Gasteiger partial charge in [0.2, 0.25) is 0 Å². The predicted octanol–water partition coefficient (Wildman–Crippen LogP) is 5.84. The number of benzene rings is 2. The largest absolute Gasteiger partial charge is 0.494 e. The summed E-state index contributed by atoms with van der Waals surface area (Å²) < 4.78 is 29.0. The highest BCUT2D eigenvalue weighted by Gasteiger charge is 2.26. The normalized spacial score (nSPS) is 19.3. The van der Waals surface area contributed by atoms with Crippen molar-refractivity contribution < 1.29 is 13.9 Å². The Bertz CT molecular complexity index is 1160. The Labute approximate surface area is 173 Å². The van der Waals surface area contributed by atoms with E-state index in [1.54, 1.807) is 24.3 Å². The van der Waals surface area contributed by atoms with Gasteiger partial charge in [0.1, 0.15) is 11.6 Å². The molecule has 2 aromatic carbocycles. The molecule has 1 fully saturated rings. The van der Waals surface area contributed by atoms with Crippen molar-refractivity contribution in [3.8, 4) is 5.88 Å². The summed E-state index contributed by atoms with van der Waals surface area (Å²) in [6, 6.07) is 9.45. The number of anilines is 1. The zero-order chi connectivity index (χ0) is 20.7. The van der Waals surface area contributed by atoms with Crippen molar-refractivity contribution in [3.63, 3.8) is 0 Å². The summed E-state index contributed by atoms with van der Waals surface area (Å²) in [6.45, 7) is 1.64. The molecular formula is C24H23F2N3O. The van der Waals surface area contributed by atoms with Crippen molar-refractivity contribution >= 4 is 28.5 Å². The number of hydrogen-bond donors (Lipinski definition) is 2. The van der Waals surface area contributed by atoms with E-state index in [1.165, 1.54) is 36.8 Å². The summed E-state index contributed by atoms with van der Waals surface area (Å²) in [5.74, 6) is -0.285. The fourth-order valence-electron chi connectivity index (χ4n) is 4.66. The topological polar surface area (TPSA) is 51.6 Å². The lowest BCUT2D eigenvalue weighted by atomic mass is 9.82. The van der Waals surface area contributed by atoms with E-state index in [0.29, 0.717) is 22.8 Å². The quantitative estimate of drug-likeness (QED) is 0.423. The summed E-state index contributed by atoms with van der Waals surface area (Å²) in [4.78, 5) is 9.10. The van der Waals surface area contributed by atoms with Crippen LogP contribution in [0.15, 0.2) is 53.0 Å². The van der Waals surface area contributed by atoms with E-state index in [2.05, 4.69) is 21.0 Å². The minimum atomic E-state index is -0.451. The average Bonchev–Trinajstić information content (AvgIpc) is 3.08. The molecule has 30 heavy (non-hydrogen) atoms. The van der Waals surface area contributed by atoms with Gasteiger partial charge in [0.25, 0.3) is 0 Å². The third-order valence-corrected chi connectivity index (χ3v) is 6.21. The maximum Gasteiger partial charge on any atom is 0.198 e. The molecular weight excluding hydrogens is 384 g/mol. The maximum absolute atomic E-state index is 14.9. The summed E-state index contributed by atoms with van der Waals surface area (Å²) in [7, 11) is 0. The Balaban J connectivity index is 1.39. The number of nitrogens with one attached hydrogen (secondary N) is 1. The first-order chi connectivity index (χ1) is 14.6. The van der Waals surface area contributed by atoms with E-state index >= 15 is 0 Å². The predicted molar refractivity (Wildman–Crippen MR) is 116 cm³/mol. The third-order valence-electron chi connectivity index (χ3n) is 6.21. The average molecular weight is 407 g/mol. The first-order valence-electron chi connectivity index (χ1n) is 10.4. The minimum Gasteiger partial charge on any atom is -0.494 e. The third kappa shape index (κ3) is 3.36. The molecule has 1 atom stereocenters. The molecule has 0 saturated carbocycles. The summed E-state index contributed by atoms with van der Waals surface area (Å²) in [6.07, 6.45) is 8.38. The van der Waals surface area contributed by atoms with Crippen LogP contribution in [0.2, 0.25) is 0 Å². The van der Waals surface area contributed by atoms with Crippen molar-refractivity contribution in [2.24, 2.45) is 10.9 Å². The Morgan fingerprint density at radius 2 is 2.03 bits per heavy atom. The van der Waals surface area contributed by atoms with Crippen LogP contribution in [0.5, 0.6) is 5.88 Å². The van der Waals surface area contributed by atoms with Crippen LogP contribution in [0, 0.1) is 17.6 Å². The number of halogens is 2. The van der Waals surface area contributed by atoms with Gasteiger partial charge in [-0.05, 0) is 55.9 Å². The molecule has 0 amide bonds. The smallest absolute Gasteiger partial charge is 0.198 e. The molecule has 1 aliphatic heterocycles. The van der Waals surface area contributed by atoms with Crippen LogP contribution in [-0.4, -0.2) is 29.4 Å². The molecule has 0 radical (unpaired) electrons. The molecule has 6 heteroatoms. The van der Waals surface area contributed by atoms with Crippen molar-refractivity contribution in [1.82, 2.24) is 4.98 Å². The van der Waals surface area contributed by atoms with Gasteiger partial charge < -0.3 is 15.0 Å². The van der Waals surface area contributed by atoms with Crippen molar-refractivity contribution in [2.45, 2.75) is 25.7 Å². The fourth-order valence-corrected chi connectivity index (χ4v) is 4.66. The lowest BCUT2D eigenvalue weighted by Gasteiger charge is -2.37. The molecule has 0 spiro atoms. The number of aromatic amines is 1. The number of hydrogen-bond acceptors (Lipinski definition) is 3. The van der Waals surface area contributed by atoms with Crippen LogP contribution in [0.1, 0.15) is 31.2 Å². The number of aromatic hydroxyl groups is 1. The van der Waals surface area contributed by atoms with Crippen molar-refractivity contribution in [2.75, 3.05) is 18.0 Å². The molecule has 4 nitrogen and oxygen atoms in total. The van der Waals surface area contributed by atoms with E-state index in [4.69, 9.17) is 0 Å². The minimum absolute atomic E-state index is 0.167. The monoisotopic (exact) mass is 407 g/mol. The van der Waals surface area contributed by atoms with Crippen LogP contribution in [0.4, 0.5) is 20.2 Å². The molecule has 1 aliphatic carbocycles. The fraction of sp³-hybridized carbons (Fsp3) is 0.292. The standard InChI is InChI=1S/C24H23F2N3O/c25-19-6-3-7-21-23(19)18(24(30)28-21)13-27-17-8-9-22(20(26)12-17)29-11-10-15-4-1-2-5-16(15)14-29/h3,5-9,12-13,15,28,30H,1-2,4,10-11,14H2. The van der Waals surface area contributed by atoms with Gasteiger partial charge in [-0.2, -0.15) is 0 Å². The molecule has 1 aromatic heterocycles. The van der Waals surface area contributed by atoms with Crippen LogP contribution in [-0.2, 0) is 0 Å². The van der Waals surface area contributed by atoms with Gasteiger partial charge in [-0.15, -0.1) is 0 Å². The van der Waals surface area contributed by atoms with Gasteiger partial charge in [0.15, 0.2) is 5.88 Å². The number of fused-ring (bicyclic) bond motifs is 2. The summed E-state index contributed by atoms with van der Waals surface area (Å²) in [5.41, 5.74) is 3.16. The van der Waals surface area contributed by atoms with Crippen molar-refractivity contribution in [3.05, 3.63) is 65.2 Å². The number of nitrogens with zero attached hydrogens (tertiary/aromatic N) is 2. The zero-order valence-electron chi connectivity index (χ0n) is 16.5. The first kappa shape index (κ1) is 18.9. The number of allylic oxidation sites excluding steroid dienone is 1. The Morgan fingerprint density at radius 3 is 2.90 bits per heavy atom. The molecule has 1 unspecified atom stereocenters. The maximum atomic E-state index is 14.9. The highest BCUT2D eigenvalue weighted by atomic mass is 19.1. The Hall–Kier alpha value is -3.15. The second-order valence-electron chi connectivity index (χ2n) is 8.06. The number of piperidine rings is 1. The van der Waals surface area contributed by atoms with Gasteiger partial charge in [0, 0.05) is 30.8 Å². The molecule has 154 valence electrons. The van der Waals surface area contributed by atoms with E-state index in [0.717, 1.165) is 25.9 Å². The highest BCUT2D eigenvalue weighted by Crippen LogP contribution is 2.35. The SMILES string of the molecule is Oc1[nH]c2cccc(F)c2c1C=Nc1ccc(N2CCC3CCCC=C3C2)c(F)c1. The molecule has 5 rings (SSSR count). The number of rotatable bonds is 3. The second-order valence-corrected chi connectivity index (χ2v) is 8.06. The van der Waals surface area contributed by atoms with E-state index < -0.39 is 5.82 Å². The lowest BCUT2D eigenvalue weighted by molar-refractivity contribution is 0.436. The molecule has 0 bridgehead atoms. The molecule has 2 aliphatic rings. The first-order valence-corrected chi connectivity index (χ1v) is 10.4. The number of H-pyrrole nitrogens is 1. The molecule has 2 N–H and O–H groups in total. The van der Waals surface area contributed by atoms with Crippen LogP contribution in [0.25, 0.3) is 10.9 Å². The Morgan fingerprint density at radius 1 is 1.13 bits per heavy atom. The molecule has 3 aromatic rings. The highest BCUT2D eigenvalue weighted by molar-refractivity contribution is 6.02. The summed E-state index contributed by atoms with van der Waals surface area (Å²) >= 11 is 0. The van der Waals surface area contributed by atoms with E-state index in [1.807, 2.05) is 0 Å².